The molecule has 2 aromatic heterocycles. The number of piperidine rings is 3. The number of nitrogens with zero attached hydrogens (tertiary/aromatic N) is 2. The maximum absolute atomic E-state index is 12.6. The van der Waals surface area contributed by atoms with Crippen LogP contribution >= 0.6 is 11.8 Å². The molecule has 2 aromatic rings. The number of hydrogen-bond donors (Lipinski definition) is 1. The number of pyridine rings is 1. The molecule has 0 radical (unpaired) electrons. The minimum atomic E-state index is -0.0904. The molecule has 5 rings (SSSR count). The molecule has 3 aliphatic rings. The van der Waals surface area contributed by atoms with Crippen molar-refractivity contribution in [1.82, 2.24) is 15.2 Å². The molecule has 6 heteroatoms. The van der Waals surface area contributed by atoms with Crippen LogP contribution in [0.3, 0.4) is 0 Å². The summed E-state index contributed by atoms with van der Waals surface area (Å²) in [4.78, 5) is 19.5. The topological polar surface area (TPSA) is 58.4 Å². The van der Waals surface area contributed by atoms with Gasteiger partial charge >= 0.3 is 0 Å². The molecule has 0 aromatic carbocycles. The van der Waals surface area contributed by atoms with E-state index in [-0.39, 0.29) is 11.9 Å². The Hall–Kier alpha value is -1.53. The maximum Gasteiger partial charge on any atom is 0.270 e. The molecule has 0 unspecified atom stereocenters. The van der Waals surface area contributed by atoms with Crippen LogP contribution in [0.15, 0.2) is 27.8 Å². The number of rotatable bonds is 3. The van der Waals surface area contributed by atoms with Crippen molar-refractivity contribution in [2.45, 2.75) is 23.9 Å². The minimum Gasteiger partial charge on any atom is -0.464 e. The van der Waals surface area contributed by atoms with Crippen LogP contribution in [0, 0.1) is 5.92 Å². The van der Waals surface area contributed by atoms with Crippen LogP contribution in [0.5, 0.6) is 0 Å². The molecule has 116 valence electrons. The van der Waals surface area contributed by atoms with Crippen LogP contribution in [-0.2, 0) is 0 Å². The SMILES string of the molecule is CSc1nc(C(=O)N[C@H]2CN3CCC2CC3)cc2occc12. The lowest BCUT2D eigenvalue weighted by Crippen LogP contribution is -2.57. The first-order valence-electron chi connectivity index (χ1n) is 7.70. The highest BCUT2D eigenvalue weighted by Crippen LogP contribution is 2.29. The molecule has 1 amide bonds. The van der Waals surface area contributed by atoms with Gasteiger partial charge < -0.3 is 14.6 Å². The summed E-state index contributed by atoms with van der Waals surface area (Å²) in [5, 5.41) is 4.98. The molecule has 22 heavy (non-hydrogen) atoms. The van der Waals surface area contributed by atoms with Gasteiger partial charge in [0, 0.05) is 18.7 Å². The number of aromatic nitrogens is 1. The van der Waals surface area contributed by atoms with Crippen molar-refractivity contribution in [3.8, 4) is 0 Å². The normalized spacial score (nSPS) is 27.2. The lowest BCUT2D eigenvalue weighted by molar-refractivity contribution is 0.0617. The molecule has 5 heterocycles. The van der Waals surface area contributed by atoms with Gasteiger partial charge in [0.15, 0.2) is 0 Å². The molecule has 3 saturated heterocycles. The fourth-order valence-corrected chi connectivity index (χ4v) is 4.16. The Balaban J connectivity index is 1.57. The summed E-state index contributed by atoms with van der Waals surface area (Å²) in [5.41, 5.74) is 1.17. The highest BCUT2D eigenvalue weighted by molar-refractivity contribution is 7.98. The molecule has 3 aliphatic heterocycles. The fourth-order valence-electron chi connectivity index (χ4n) is 3.58. The second kappa shape index (κ2) is 5.59. The third-order valence-electron chi connectivity index (χ3n) is 4.81. The number of furan rings is 1. The van der Waals surface area contributed by atoms with E-state index in [1.807, 2.05) is 12.3 Å². The molecule has 5 nitrogen and oxygen atoms in total. The van der Waals surface area contributed by atoms with Gasteiger partial charge in [-0.2, -0.15) is 0 Å². The van der Waals surface area contributed by atoms with Gasteiger partial charge in [-0.15, -0.1) is 11.8 Å². The molecule has 1 N–H and O–H groups in total. The quantitative estimate of drug-likeness (QED) is 0.881. The van der Waals surface area contributed by atoms with Crippen LogP contribution in [-0.4, -0.2) is 47.7 Å². The van der Waals surface area contributed by atoms with Crippen molar-refractivity contribution in [2.75, 3.05) is 25.9 Å². The van der Waals surface area contributed by atoms with Crippen LogP contribution in [0.1, 0.15) is 23.3 Å². The zero-order chi connectivity index (χ0) is 15.1. The van der Waals surface area contributed by atoms with Gasteiger partial charge in [-0.1, -0.05) is 0 Å². The molecular weight excluding hydrogens is 298 g/mol. The second-order valence-corrected chi connectivity index (χ2v) is 6.86. The van der Waals surface area contributed by atoms with Gasteiger partial charge in [0.05, 0.1) is 11.6 Å². The van der Waals surface area contributed by atoms with Gasteiger partial charge in [0.2, 0.25) is 0 Å². The van der Waals surface area contributed by atoms with E-state index in [9.17, 15) is 4.79 Å². The van der Waals surface area contributed by atoms with Crippen LogP contribution in [0.4, 0.5) is 0 Å². The third-order valence-corrected chi connectivity index (χ3v) is 5.51. The Morgan fingerprint density at radius 2 is 2.27 bits per heavy atom. The van der Waals surface area contributed by atoms with Crippen molar-refractivity contribution < 1.29 is 9.21 Å². The first kappa shape index (κ1) is 14.1. The summed E-state index contributed by atoms with van der Waals surface area (Å²) in [7, 11) is 0. The Morgan fingerprint density at radius 1 is 1.45 bits per heavy atom. The number of thioether (sulfide) groups is 1. The Morgan fingerprint density at radius 3 is 2.95 bits per heavy atom. The second-order valence-electron chi connectivity index (χ2n) is 6.07. The Labute approximate surface area is 133 Å². The highest BCUT2D eigenvalue weighted by atomic mass is 32.2. The summed E-state index contributed by atoms with van der Waals surface area (Å²) in [6, 6.07) is 3.89. The first-order valence-corrected chi connectivity index (χ1v) is 8.92. The van der Waals surface area contributed by atoms with Crippen LogP contribution in [0.2, 0.25) is 0 Å². The van der Waals surface area contributed by atoms with E-state index in [0.717, 1.165) is 22.5 Å². The fraction of sp³-hybridized carbons (Fsp3) is 0.500. The zero-order valence-electron chi connectivity index (χ0n) is 12.5. The van der Waals surface area contributed by atoms with Crippen LogP contribution in [0.25, 0.3) is 11.0 Å². The zero-order valence-corrected chi connectivity index (χ0v) is 13.4. The number of carbonyl (C=O) groups excluding carboxylic acids is 1. The predicted molar refractivity (Wildman–Crippen MR) is 86.2 cm³/mol. The van der Waals surface area contributed by atoms with Crippen molar-refractivity contribution in [3.05, 3.63) is 24.1 Å². The smallest absolute Gasteiger partial charge is 0.270 e. The summed E-state index contributed by atoms with van der Waals surface area (Å²) >= 11 is 1.53. The standard InChI is InChI=1S/C16H19N3O2S/c1-22-16-11-4-7-21-14(11)8-12(18-16)15(20)17-13-9-19-5-2-10(13)3-6-19/h4,7-8,10,13H,2-3,5-6,9H2,1H3,(H,17,20)/t13-/m0/s1. The lowest BCUT2D eigenvalue weighted by Gasteiger charge is -2.44. The molecule has 2 bridgehead atoms. The Kier molecular flexibility index (Phi) is 3.58. The van der Waals surface area contributed by atoms with Gasteiger partial charge in [-0.3, -0.25) is 4.79 Å². The van der Waals surface area contributed by atoms with Gasteiger partial charge in [0.1, 0.15) is 16.3 Å². The summed E-state index contributed by atoms with van der Waals surface area (Å²) in [6.07, 6.45) is 5.97. The predicted octanol–water partition coefficient (Wildman–Crippen LogP) is 2.37. The average molecular weight is 317 g/mol. The number of fused-ring (bicyclic) bond motifs is 4. The number of hydrogen-bond acceptors (Lipinski definition) is 5. The van der Waals surface area contributed by atoms with E-state index in [2.05, 4.69) is 15.2 Å². The van der Waals surface area contributed by atoms with Crippen molar-refractivity contribution >= 4 is 28.6 Å². The van der Waals surface area contributed by atoms with E-state index in [4.69, 9.17) is 4.42 Å². The molecule has 0 saturated carbocycles. The van der Waals surface area contributed by atoms with Gasteiger partial charge in [-0.05, 0) is 44.2 Å². The van der Waals surface area contributed by atoms with Crippen LogP contribution < -0.4 is 5.32 Å². The monoisotopic (exact) mass is 317 g/mol. The maximum atomic E-state index is 12.6. The molecule has 0 spiro atoms. The van der Waals surface area contributed by atoms with E-state index < -0.39 is 0 Å². The lowest BCUT2D eigenvalue weighted by atomic mass is 9.84. The average Bonchev–Trinajstić information content (AvgIpc) is 3.03. The van der Waals surface area contributed by atoms with Gasteiger partial charge in [0.25, 0.3) is 5.91 Å². The van der Waals surface area contributed by atoms with E-state index >= 15 is 0 Å². The molecule has 3 fully saturated rings. The molecular formula is C16H19N3O2S. The van der Waals surface area contributed by atoms with E-state index in [0.29, 0.717) is 11.6 Å². The summed E-state index contributed by atoms with van der Waals surface area (Å²) in [6.45, 7) is 3.31. The number of carbonyl (C=O) groups is 1. The summed E-state index contributed by atoms with van der Waals surface area (Å²) in [5.74, 6) is 0.522. The van der Waals surface area contributed by atoms with Crippen molar-refractivity contribution in [2.24, 2.45) is 5.92 Å². The van der Waals surface area contributed by atoms with Crippen molar-refractivity contribution in [1.29, 1.82) is 0 Å². The largest absolute Gasteiger partial charge is 0.464 e. The molecule has 1 atom stereocenters. The van der Waals surface area contributed by atoms with E-state index in [1.54, 1.807) is 12.3 Å². The third kappa shape index (κ3) is 2.40. The molecule has 0 aliphatic carbocycles. The highest BCUT2D eigenvalue weighted by Gasteiger charge is 2.35. The minimum absolute atomic E-state index is 0.0904. The number of amides is 1. The number of nitrogens with one attached hydrogen (secondary N) is 1. The van der Waals surface area contributed by atoms with Crippen molar-refractivity contribution in [3.63, 3.8) is 0 Å². The first-order chi connectivity index (χ1) is 10.7. The van der Waals surface area contributed by atoms with Gasteiger partial charge in [-0.25, -0.2) is 4.98 Å². The van der Waals surface area contributed by atoms with E-state index in [1.165, 1.54) is 37.7 Å². The Bertz CT molecular complexity index is 706. The summed E-state index contributed by atoms with van der Waals surface area (Å²) < 4.78 is 5.45.